The Bertz CT molecular complexity index is 1750. The molecule has 0 radical (unpaired) electrons. The Labute approximate surface area is 297 Å². The van der Waals surface area contributed by atoms with Gasteiger partial charge in [0.25, 0.3) is 10.0 Å². The number of halogens is 1. The number of nitrogens with one attached hydrogen (secondary N) is 1. The molecule has 8 nitrogen and oxygen atoms in total. The maximum Gasteiger partial charge on any atom is 0.264 e. The highest BCUT2D eigenvalue weighted by molar-refractivity contribution is 9.10. The number of hydrogen-bond acceptors (Lipinski definition) is 6. The third kappa shape index (κ3) is 9.87. The van der Waals surface area contributed by atoms with E-state index in [1.165, 1.54) is 16.7 Å². The molecule has 2 atom stereocenters. The monoisotopic (exact) mass is 751 g/mol. The van der Waals surface area contributed by atoms with Gasteiger partial charge in [-0.2, -0.15) is 0 Å². The Balaban J connectivity index is 1.81. The number of sulfonamides is 1. The van der Waals surface area contributed by atoms with E-state index in [9.17, 15) is 18.0 Å². The molecule has 0 saturated heterocycles. The lowest BCUT2D eigenvalue weighted by atomic mass is 10.0. The molecule has 4 aromatic carbocycles. The molecule has 0 aliphatic rings. The fourth-order valence-corrected chi connectivity index (χ4v) is 7.38. The van der Waals surface area contributed by atoms with Crippen molar-refractivity contribution in [1.29, 1.82) is 0 Å². The summed E-state index contributed by atoms with van der Waals surface area (Å²) in [5.41, 5.74) is 1.96. The van der Waals surface area contributed by atoms with E-state index in [1.54, 1.807) is 48.5 Å². The highest BCUT2D eigenvalue weighted by Gasteiger charge is 2.35. The van der Waals surface area contributed by atoms with Gasteiger partial charge in [0.2, 0.25) is 11.8 Å². The summed E-state index contributed by atoms with van der Waals surface area (Å²) in [6.07, 6.45) is 2.87. The van der Waals surface area contributed by atoms with Crippen LogP contribution in [0.5, 0.6) is 5.75 Å². The quantitative estimate of drug-likeness (QED) is 0.121. The van der Waals surface area contributed by atoms with Gasteiger partial charge in [-0.3, -0.25) is 13.9 Å². The first-order chi connectivity index (χ1) is 23.0. The van der Waals surface area contributed by atoms with Crippen LogP contribution in [0.15, 0.2) is 117 Å². The van der Waals surface area contributed by atoms with Crippen LogP contribution in [0, 0.1) is 0 Å². The summed E-state index contributed by atoms with van der Waals surface area (Å²) in [4.78, 5) is 31.1. The third-order valence-electron chi connectivity index (χ3n) is 7.88. The van der Waals surface area contributed by atoms with Crippen LogP contribution in [0.2, 0.25) is 0 Å². The van der Waals surface area contributed by atoms with Gasteiger partial charge in [0.05, 0.1) is 17.2 Å². The Kier molecular flexibility index (Phi) is 13.5. The van der Waals surface area contributed by atoms with E-state index in [4.69, 9.17) is 4.74 Å². The number of nitrogens with zero attached hydrogens (tertiary/aromatic N) is 2. The second-order valence-corrected chi connectivity index (χ2v) is 14.9. The van der Waals surface area contributed by atoms with Gasteiger partial charge in [-0.25, -0.2) is 8.42 Å². The van der Waals surface area contributed by atoms with Crippen molar-refractivity contribution in [3.8, 4) is 5.75 Å². The van der Waals surface area contributed by atoms with Crippen LogP contribution in [0.1, 0.15) is 38.3 Å². The number of rotatable bonds is 16. The average Bonchev–Trinajstić information content (AvgIpc) is 3.09. The summed E-state index contributed by atoms with van der Waals surface area (Å²) in [7, 11) is -4.21. The summed E-state index contributed by atoms with van der Waals surface area (Å²) < 4.78 is 36.2. The number of carbonyl (C=O) groups excluding carboxylic acids is 2. The molecule has 0 saturated carbocycles. The van der Waals surface area contributed by atoms with Gasteiger partial charge in [0.1, 0.15) is 18.3 Å². The van der Waals surface area contributed by atoms with Gasteiger partial charge < -0.3 is 15.0 Å². The summed E-state index contributed by atoms with van der Waals surface area (Å²) in [6.45, 7) is 5.77. The van der Waals surface area contributed by atoms with Crippen molar-refractivity contribution in [3.05, 3.63) is 119 Å². The topological polar surface area (TPSA) is 96.0 Å². The number of carbonyl (C=O) groups is 2. The van der Waals surface area contributed by atoms with Crippen LogP contribution < -0.4 is 14.4 Å². The van der Waals surface area contributed by atoms with Gasteiger partial charge in [0.15, 0.2) is 0 Å². The van der Waals surface area contributed by atoms with Crippen molar-refractivity contribution < 1.29 is 22.7 Å². The average molecular weight is 753 g/mol. The van der Waals surface area contributed by atoms with Gasteiger partial charge in [-0.05, 0) is 98.3 Å². The zero-order chi connectivity index (χ0) is 34.7. The second-order valence-electron chi connectivity index (χ2n) is 11.3. The molecule has 254 valence electrons. The van der Waals surface area contributed by atoms with E-state index in [1.807, 2.05) is 81.6 Å². The van der Waals surface area contributed by atoms with Crippen molar-refractivity contribution >= 4 is 55.2 Å². The molecular weight excluding hydrogens is 710 g/mol. The number of amides is 2. The number of ether oxygens (including phenoxy) is 1. The first-order valence-corrected chi connectivity index (χ1v) is 19.3. The summed E-state index contributed by atoms with van der Waals surface area (Å²) in [5, 5.41) is 3.06. The fourth-order valence-electron chi connectivity index (χ4n) is 5.11. The molecule has 0 bridgehead atoms. The largest absolute Gasteiger partial charge is 0.494 e. The molecule has 11 heteroatoms. The van der Waals surface area contributed by atoms with E-state index in [0.29, 0.717) is 24.5 Å². The molecule has 1 N–H and O–H groups in total. The van der Waals surface area contributed by atoms with Crippen LogP contribution in [-0.4, -0.2) is 56.6 Å². The maximum atomic E-state index is 14.7. The predicted octanol–water partition coefficient (Wildman–Crippen LogP) is 7.32. The van der Waals surface area contributed by atoms with Crippen LogP contribution in [-0.2, 0) is 32.6 Å². The lowest BCUT2D eigenvalue weighted by molar-refractivity contribution is -0.140. The van der Waals surface area contributed by atoms with E-state index < -0.39 is 28.5 Å². The molecule has 0 unspecified atom stereocenters. The number of anilines is 1. The van der Waals surface area contributed by atoms with Crippen LogP contribution in [0.3, 0.4) is 0 Å². The highest BCUT2D eigenvalue weighted by atomic mass is 79.9. The van der Waals surface area contributed by atoms with Gasteiger partial charge in [-0.15, -0.1) is 11.8 Å². The number of thioether (sulfide) groups is 1. The molecule has 0 aromatic heterocycles. The molecule has 48 heavy (non-hydrogen) atoms. The maximum absolute atomic E-state index is 14.7. The van der Waals surface area contributed by atoms with Crippen LogP contribution in [0.4, 0.5) is 5.69 Å². The van der Waals surface area contributed by atoms with Gasteiger partial charge >= 0.3 is 0 Å². The molecule has 4 rings (SSSR count). The normalized spacial score (nSPS) is 12.5. The molecular formula is C37H42BrN3O5S2. The third-order valence-corrected chi connectivity index (χ3v) is 10.9. The summed E-state index contributed by atoms with van der Waals surface area (Å²) in [5.74, 6) is -0.247. The molecule has 4 aromatic rings. The van der Waals surface area contributed by atoms with E-state index in [0.717, 1.165) is 24.8 Å². The van der Waals surface area contributed by atoms with E-state index >= 15 is 0 Å². The molecule has 0 aliphatic carbocycles. The van der Waals surface area contributed by atoms with Crippen molar-refractivity contribution in [1.82, 2.24) is 10.2 Å². The molecule has 0 spiro atoms. The SMILES string of the molecule is CCOc1ccc(N(CC(=O)N(Cc2cccc(Br)c2)[C@H](Cc2ccccc2)C(=O)N[C@H](C)CC)S(=O)(=O)c2ccc(SC)cc2)cc1. The lowest BCUT2D eigenvalue weighted by Gasteiger charge is -2.34. The Hall–Kier alpha value is -3.80. The van der Waals surface area contributed by atoms with Crippen molar-refractivity contribution in [3.63, 3.8) is 0 Å². The van der Waals surface area contributed by atoms with Crippen molar-refractivity contribution in [2.75, 3.05) is 23.7 Å². The Morgan fingerprint density at radius 2 is 1.56 bits per heavy atom. The van der Waals surface area contributed by atoms with Crippen LogP contribution >= 0.6 is 27.7 Å². The van der Waals surface area contributed by atoms with E-state index in [-0.39, 0.29) is 29.8 Å². The first-order valence-electron chi connectivity index (χ1n) is 15.8. The summed E-state index contributed by atoms with van der Waals surface area (Å²) in [6, 6.07) is 29.2. The number of benzene rings is 4. The molecule has 0 fully saturated rings. The molecule has 0 heterocycles. The Morgan fingerprint density at radius 1 is 0.896 bits per heavy atom. The predicted molar refractivity (Wildman–Crippen MR) is 197 cm³/mol. The number of hydrogen-bond donors (Lipinski definition) is 1. The van der Waals surface area contributed by atoms with Gasteiger partial charge in [0, 0.05) is 28.4 Å². The fraction of sp³-hybridized carbons (Fsp3) is 0.297. The zero-order valence-electron chi connectivity index (χ0n) is 27.6. The van der Waals surface area contributed by atoms with E-state index in [2.05, 4.69) is 21.2 Å². The zero-order valence-corrected chi connectivity index (χ0v) is 30.9. The Morgan fingerprint density at radius 3 is 2.17 bits per heavy atom. The second kappa shape index (κ2) is 17.6. The lowest BCUT2D eigenvalue weighted by Crippen LogP contribution is -2.54. The minimum absolute atomic E-state index is 0.0517. The molecule has 2 amide bonds. The minimum atomic E-state index is -4.21. The van der Waals surface area contributed by atoms with Crippen LogP contribution in [0.25, 0.3) is 0 Å². The van der Waals surface area contributed by atoms with Crippen molar-refractivity contribution in [2.24, 2.45) is 0 Å². The summed E-state index contributed by atoms with van der Waals surface area (Å²) >= 11 is 5.02. The smallest absolute Gasteiger partial charge is 0.264 e. The standard InChI is InChI=1S/C37H42BrN3O5S2/c1-5-27(3)39-37(43)35(24-28-11-8-7-9-12-28)40(25-29-13-10-14-30(38)23-29)36(42)26-41(31-15-17-32(18-16-31)46-6-2)48(44,45)34-21-19-33(47-4)20-22-34/h7-23,27,35H,5-6,24-26H2,1-4H3,(H,39,43)/t27-,35-/m1/s1. The van der Waals surface area contributed by atoms with Crippen molar-refractivity contribution in [2.45, 2.75) is 62.0 Å². The first kappa shape index (κ1) is 37.0. The highest BCUT2D eigenvalue weighted by Crippen LogP contribution is 2.28. The van der Waals surface area contributed by atoms with Gasteiger partial charge in [-0.1, -0.05) is 65.3 Å². The molecule has 0 aliphatic heterocycles. The minimum Gasteiger partial charge on any atom is -0.494 e.